The third-order valence-electron chi connectivity index (χ3n) is 7.33. The number of nitriles is 1. The number of carbonyl (C=O) groups excluding carboxylic acids is 2. The molecule has 2 aliphatic rings. The van der Waals surface area contributed by atoms with Gasteiger partial charge in [-0.2, -0.15) is 5.26 Å². The predicted molar refractivity (Wildman–Crippen MR) is 141 cm³/mol. The maximum atomic E-state index is 15.0. The Kier molecular flexibility index (Phi) is 7.05. The van der Waals surface area contributed by atoms with E-state index < -0.39 is 41.4 Å². The van der Waals surface area contributed by atoms with E-state index in [2.05, 4.69) is 10.6 Å². The lowest BCUT2D eigenvalue weighted by Crippen LogP contribution is -2.47. The van der Waals surface area contributed by atoms with Gasteiger partial charge in [-0.15, -0.1) is 0 Å². The van der Waals surface area contributed by atoms with Crippen molar-refractivity contribution >= 4 is 23.5 Å². The van der Waals surface area contributed by atoms with Gasteiger partial charge in [-0.05, 0) is 60.2 Å². The minimum atomic E-state index is -1.12. The Hall–Kier alpha value is -5.04. The smallest absolute Gasteiger partial charge is 0.335 e. The number of fused-ring (bicyclic) bond motifs is 2. The molecule has 0 aliphatic heterocycles. The summed E-state index contributed by atoms with van der Waals surface area (Å²) in [7, 11) is 1.30. The molecule has 0 spiro atoms. The summed E-state index contributed by atoms with van der Waals surface area (Å²) in [4.78, 5) is 38.0. The summed E-state index contributed by atoms with van der Waals surface area (Å²) < 4.78 is 34.1. The molecule has 1 saturated carbocycles. The van der Waals surface area contributed by atoms with Crippen LogP contribution in [0.15, 0.2) is 66.7 Å². The van der Waals surface area contributed by atoms with Crippen LogP contribution in [0.2, 0.25) is 0 Å². The standard InChI is InChI=1S/C30H23F2N3O5/c1-40-25-13-24(32)22(16-2-4-17(5-3-16)30(38)39)12-23(25)28(36)35-27-19-7-6-18(10-19)26(27)29(37)34-21-9-15(14-33)8-20(31)11-21/h2-9,11-13,18-19,26-27H,10H2,1H3,(H,34,37)(H,35,36)(H,38,39)/t18-,19+,26+,27-/m1/s1. The van der Waals surface area contributed by atoms with Gasteiger partial charge in [-0.25, -0.2) is 13.6 Å². The summed E-state index contributed by atoms with van der Waals surface area (Å²) in [6.45, 7) is 0. The lowest BCUT2D eigenvalue weighted by atomic mass is 9.87. The highest BCUT2D eigenvalue weighted by molar-refractivity contribution is 6.00. The van der Waals surface area contributed by atoms with E-state index in [0.29, 0.717) is 12.0 Å². The molecule has 3 aromatic rings. The Morgan fingerprint density at radius 2 is 1.75 bits per heavy atom. The number of hydrogen-bond donors (Lipinski definition) is 3. The molecule has 10 heteroatoms. The van der Waals surface area contributed by atoms with Crippen molar-refractivity contribution in [1.29, 1.82) is 5.26 Å². The van der Waals surface area contributed by atoms with Gasteiger partial charge in [0.2, 0.25) is 5.91 Å². The van der Waals surface area contributed by atoms with Crippen molar-refractivity contribution in [2.75, 3.05) is 12.4 Å². The molecule has 8 nitrogen and oxygen atoms in total. The number of methoxy groups -OCH3 is 1. The number of anilines is 1. The van der Waals surface area contributed by atoms with Gasteiger partial charge >= 0.3 is 5.97 Å². The van der Waals surface area contributed by atoms with Crippen molar-refractivity contribution in [3.05, 3.63) is 95.1 Å². The van der Waals surface area contributed by atoms with Gasteiger partial charge in [0.05, 0.1) is 35.8 Å². The van der Waals surface area contributed by atoms with Crippen LogP contribution < -0.4 is 15.4 Å². The molecule has 2 amide bonds. The van der Waals surface area contributed by atoms with Gasteiger partial charge in [0.25, 0.3) is 5.91 Å². The Bertz CT molecular complexity index is 1600. The van der Waals surface area contributed by atoms with E-state index in [1.807, 2.05) is 18.2 Å². The third kappa shape index (κ3) is 5.01. The van der Waals surface area contributed by atoms with Crippen LogP contribution in [-0.2, 0) is 4.79 Å². The number of carboxylic acid groups (broad SMARTS) is 1. The van der Waals surface area contributed by atoms with Crippen LogP contribution in [0.1, 0.15) is 32.7 Å². The monoisotopic (exact) mass is 543 g/mol. The lowest BCUT2D eigenvalue weighted by molar-refractivity contribution is -0.121. The number of carbonyl (C=O) groups is 3. The third-order valence-corrected chi connectivity index (χ3v) is 7.33. The highest BCUT2D eigenvalue weighted by atomic mass is 19.1. The highest BCUT2D eigenvalue weighted by Gasteiger charge is 2.49. The van der Waals surface area contributed by atoms with Crippen molar-refractivity contribution in [2.45, 2.75) is 12.5 Å². The molecule has 40 heavy (non-hydrogen) atoms. The molecular formula is C30H23F2N3O5. The Morgan fingerprint density at radius 1 is 1.02 bits per heavy atom. The molecule has 0 saturated heterocycles. The van der Waals surface area contributed by atoms with Crippen LogP contribution in [0, 0.1) is 40.7 Å². The summed E-state index contributed by atoms with van der Waals surface area (Å²) in [5, 5.41) is 23.8. The van der Waals surface area contributed by atoms with Gasteiger partial charge in [-0.3, -0.25) is 9.59 Å². The van der Waals surface area contributed by atoms with E-state index in [1.54, 1.807) is 0 Å². The molecule has 202 valence electrons. The van der Waals surface area contributed by atoms with Crippen LogP contribution in [0.25, 0.3) is 11.1 Å². The molecule has 0 unspecified atom stereocenters. The number of amides is 2. The second kappa shape index (κ2) is 10.6. The number of ether oxygens (including phenoxy) is 1. The van der Waals surface area contributed by atoms with Crippen LogP contribution >= 0.6 is 0 Å². The zero-order valence-electron chi connectivity index (χ0n) is 21.2. The number of rotatable bonds is 7. The molecule has 1 fully saturated rings. The second-order valence-electron chi connectivity index (χ2n) is 9.72. The Balaban J connectivity index is 1.41. The number of halogens is 2. The van der Waals surface area contributed by atoms with Crippen LogP contribution in [0.4, 0.5) is 14.5 Å². The van der Waals surface area contributed by atoms with Crippen molar-refractivity contribution < 1.29 is 33.0 Å². The van der Waals surface area contributed by atoms with Gasteiger partial charge < -0.3 is 20.5 Å². The summed E-state index contributed by atoms with van der Waals surface area (Å²) >= 11 is 0. The Labute approximate surface area is 227 Å². The molecule has 0 aromatic heterocycles. The van der Waals surface area contributed by atoms with Crippen LogP contribution in [-0.4, -0.2) is 36.0 Å². The fraction of sp³-hybridized carbons (Fsp3) is 0.200. The number of aromatic carboxylic acids is 1. The average molecular weight is 544 g/mol. The SMILES string of the molecule is COc1cc(F)c(-c2ccc(C(=O)O)cc2)cc1C(=O)N[C@H]1[C@@H](C(=O)Nc2cc(F)cc(C#N)c2)[C@@H]2C=C[C@H]1C2. The normalized spacial score (nSPS) is 20.6. The van der Waals surface area contributed by atoms with Gasteiger partial charge in [0.15, 0.2) is 0 Å². The topological polar surface area (TPSA) is 129 Å². The number of benzene rings is 3. The van der Waals surface area contributed by atoms with E-state index in [-0.39, 0.29) is 45.5 Å². The van der Waals surface area contributed by atoms with Gasteiger partial charge in [0.1, 0.15) is 17.4 Å². The number of nitrogens with zero attached hydrogens (tertiary/aromatic N) is 1. The first kappa shape index (κ1) is 26.6. The molecular weight excluding hydrogens is 520 g/mol. The highest BCUT2D eigenvalue weighted by Crippen LogP contribution is 2.44. The molecule has 4 atom stereocenters. The summed E-state index contributed by atoms with van der Waals surface area (Å²) in [6, 6.07) is 12.8. The number of carboxylic acids is 1. The Morgan fingerprint density at radius 3 is 2.42 bits per heavy atom. The minimum absolute atomic E-state index is 0.00982. The largest absolute Gasteiger partial charge is 0.496 e. The average Bonchev–Trinajstić information content (AvgIpc) is 3.54. The first-order valence-electron chi connectivity index (χ1n) is 12.4. The lowest BCUT2D eigenvalue weighted by Gasteiger charge is -2.28. The molecule has 2 aliphatic carbocycles. The number of allylic oxidation sites excluding steroid dienone is 1. The molecule has 0 heterocycles. The summed E-state index contributed by atoms with van der Waals surface area (Å²) in [5.41, 5.74) is 0.708. The fourth-order valence-electron chi connectivity index (χ4n) is 5.47. The van der Waals surface area contributed by atoms with Crippen LogP contribution in [0.5, 0.6) is 5.75 Å². The summed E-state index contributed by atoms with van der Waals surface area (Å²) in [5.74, 6) is -4.41. The van der Waals surface area contributed by atoms with E-state index >= 15 is 0 Å². The molecule has 0 radical (unpaired) electrons. The molecule has 3 N–H and O–H groups in total. The number of hydrogen-bond acceptors (Lipinski definition) is 5. The van der Waals surface area contributed by atoms with Crippen molar-refractivity contribution in [2.24, 2.45) is 17.8 Å². The molecule has 5 rings (SSSR count). The molecule has 2 bridgehead atoms. The van der Waals surface area contributed by atoms with E-state index in [0.717, 1.165) is 18.2 Å². The summed E-state index contributed by atoms with van der Waals surface area (Å²) in [6.07, 6.45) is 4.49. The minimum Gasteiger partial charge on any atom is -0.496 e. The fourth-order valence-corrected chi connectivity index (χ4v) is 5.47. The van der Waals surface area contributed by atoms with E-state index in [9.17, 15) is 23.2 Å². The van der Waals surface area contributed by atoms with E-state index in [4.69, 9.17) is 15.1 Å². The zero-order valence-corrected chi connectivity index (χ0v) is 21.2. The zero-order chi connectivity index (χ0) is 28.6. The van der Waals surface area contributed by atoms with Gasteiger partial charge in [-0.1, -0.05) is 24.3 Å². The second-order valence-corrected chi connectivity index (χ2v) is 9.72. The van der Waals surface area contributed by atoms with Crippen molar-refractivity contribution in [1.82, 2.24) is 5.32 Å². The predicted octanol–water partition coefficient (Wildman–Crippen LogP) is 4.77. The van der Waals surface area contributed by atoms with Crippen molar-refractivity contribution in [3.8, 4) is 22.9 Å². The maximum Gasteiger partial charge on any atom is 0.335 e. The quantitative estimate of drug-likeness (QED) is 0.369. The molecule has 3 aromatic carbocycles. The number of nitrogens with one attached hydrogen (secondary N) is 2. The van der Waals surface area contributed by atoms with Crippen molar-refractivity contribution in [3.63, 3.8) is 0 Å². The van der Waals surface area contributed by atoms with Gasteiger partial charge in [0, 0.05) is 23.4 Å². The van der Waals surface area contributed by atoms with Crippen LogP contribution in [0.3, 0.4) is 0 Å². The van der Waals surface area contributed by atoms with E-state index in [1.165, 1.54) is 43.5 Å². The first-order chi connectivity index (χ1) is 19.2. The maximum absolute atomic E-state index is 15.0. The first-order valence-corrected chi connectivity index (χ1v) is 12.4.